The first-order valence-corrected chi connectivity index (χ1v) is 6.72. The van der Waals surface area contributed by atoms with Gasteiger partial charge in [-0.3, -0.25) is 0 Å². The molecular formula is C12H14N4S. The van der Waals surface area contributed by atoms with Crippen molar-refractivity contribution in [3.05, 3.63) is 22.4 Å². The smallest absolute Gasteiger partial charge is 0.222 e. The molecule has 0 atom stereocenters. The van der Waals surface area contributed by atoms with E-state index < -0.39 is 0 Å². The Balaban J connectivity index is 2.17. The van der Waals surface area contributed by atoms with Crippen molar-refractivity contribution in [2.75, 3.05) is 17.6 Å². The van der Waals surface area contributed by atoms with E-state index in [0.717, 1.165) is 30.0 Å². The van der Waals surface area contributed by atoms with Gasteiger partial charge < -0.3 is 11.1 Å². The highest BCUT2D eigenvalue weighted by atomic mass is 32.1. The standard InChI is InChI=1S/C12H14N4S/c13-12-15-10(8-4-6-17-7-8)9-3-1-2-5-14-11(9)16-12/h4,6-7H,1-3,5H2,(H3,13,14,15,16). The summed E-state index contributed by atoms with van der Waals surface area (Å²) < 4.78 is 0. The van der Waals surface area contributed by atoms with Gasteiger partial charge in [0.2, 0.25) is 5.95 Å². The van der Waals surface area contributed by atoms with E-state index in [-0.39, 0.29) is 0 Å². The quantitative estimate of drug-likeness (QED) is 0.811. The van der Waals surface area contributed by atoms with Crippen LogP contribution in [0.4, 0.5) is 11.8 Å². The highest BCUT2D eigenvalue weighted by molar-refractivity contribution is 7.08. The summed E-state index contributed by atoms with van der Waals surface area (Å²) in [4.78, 5) is 8.71. The molecule has 0 saturated heterocycles. The molecule has 1 aliphatic rings. The number of aromatic nitrogens is 2. The largest absolute Gasteiger partial charge is 0.370 e. The second kappa shape index (κ2) is 4.33. The van der Waals surface area contributed by atoms with E-state index in [1.54, 1.807) is 11.3 Å². The molecule has 0 aromatic carbocycles. The lowest BCUT2D eigenvalue weighted by Crippen LogP contribution is -2.07. The fourth-order valence-electron chi connectivity index (χ4n) is 2.16. The van der Waals surface area contributed by atoms with Crippen LogP contribution < -0.4 is 11.1 Å². The molecule has 3 N–H and O–H groups in total. The van der Waals surface area contributed by atoms with Crippen LogP contribution in [0.2, 0.25) is 0 Å². The van der Waals surface area contributed by atoms with Gasteiger partial charge >= 0.3 is 0 Å². The molecule has 0 aliphatic carbocycles. The Kier molecular flexibility index (Phi) is 2.68. The lowest BCUT2D eigenvalue weighted by molar-refractivity contribution is 0.785. The number of hydrogen-bond acceptors (Lipinski definition) is 5. The third-order valence-electron chi connectivity index (χ3n) is 2.97. The SMILES string of the molecule is Nc1nc2c(c(-c3ccsc3)n1)CCCCN2. The Morgan fingerprint density at radius 1 is 1.29 bits per heavy atom. The summed E-state index contributed by atoms with van der Waals surface area (Å²) in [5.41, 5.74) is 9.12. The second-order valence-corrected chi connectivity index (χ2v) is 4.93. The minimum absolute atomic E-state index is 0.347. The Morgan fingerprint density at radius 3 is 3.06 bits per heavy atom. The molecule has 0 fully saturated rings. The molecule has 3 heterocycles. The number of nitrogens with one attached hydrogen (secondary N) is 1. The third kappa shape index (κ3) is 1.98. The van der Waals surface area contributed by atoms with Crippen LogP contribution >= 0.6 is 11.3 Å². The lowest BCUT2D eigenvalue weighted by atomic mass is 10.0. The average molecular weight is 246 g/mol. The van der Waals surface area contributed by atoms with Gasteiger partial charge in [-0.05, 0) is 30.7 Å². The van der Waals surface area contributed by atoms with Crippen molar-refractivity contribution in [1.82, 2.24) is 9.97 Å². The normalized spacial score (nSPS) is 14.8. The predicted octanol–water partition coefficient (Wildman–Crippen LogP) is 2.54. The van der Waals surface area contributed by atoms with E-state index in [0.29, 0.717) is 5.95 Å². The molecule has 0 bridgehead atoms. The first-order chi connectivity index (χ1) is 8.34. The number of anilines is 2. The van der Waals surface area contributed by atoms with E-state index in [2.05, 4.69) is 32.1 Å². The fourth-order valence-corrected chi connectivity index (χ4v) is 2.80. The van der Waals surface area contributed by atoms with Crippen LogP contribution in [0.5, 0.6) is 0 Å². The molecule has 0 saturated carbocycles. The van der Waals surface area contributed by atoms with Crippen molar-refractivity contribution >= 4 is 23.1 Å². The van der Waals surface area contributed by atoms with E-state index in [9.17, 15) is 0 Å². The maximum atomic E-state index is 5.78. The molecule has 3 rings (SSSR count). The molecule has 1 aliphatic heterocycles. The van der Waals surface area contributed by atoms with E-state index >= 15 is 0 Å². The van der Waals surface area contributed by atoms with Gasteiger partial charge in [-0.25, -0.2) is 4.98 Å². The molecule has 0 spiro atoms. The number of nitrogen functional groups attached to an aromatic ring is 1. The summed E-state index contributed by atoms with van der Waals surface area (Å²) >= 11 is 1.67. The topological polar surface area (TPSA) is 63.8 Å². The molecule has 0 unspecified atom stereocenters. The maximum absolute atomic E-state index is 5.78. The Morgan fingerprint density at radius 2 is 2.24 bits per heavy atom. The molecule has 4 nitrogen and oxygen atoms in total. The van der Waals surface area contributed by atoms with Gasteiger partial charge in [-0.1, -0.05) is 0 Å². The summed E-state index contributed by atoms with van der Waals surface area (Å²) in [5, 5.41) is 7.50. The van der Waals surface area contributed by atoms with Crippen LogP contribution in [0.25, 0.3) is 11.3 Å². The molecule has 0 amide bonds. The van der Waals surface area contributed by atoms with Gasteiger partial charge in [-0.2, -0.15) is 16.3 Å². The van der Waals surface area contributed by atoms with Crippen molar-refractivity contribution in [3.63, 3.8) is 0 Å². The molecule has 5 heteroatoms. The zero-order valence-electron chi connectivity index (χ0n) is 9.44. The number of hydrogen-bond donors (Lipinski definition) is 2. The molecule has 88 valence electrons. The molecular weight excluding hydrogens is 232 g/mol. The van der Waals surface area contributed by atoms with Crippen molar-refractivity contribution < 1.29 is 0 Å². The molecule has 2 aromatic heterocycles. The van der Waals surface area contributed by atoms with Crippen LogP contribution in [0.3, 0.4) is 0 Å². The van der Waals surface area contributed by atoms with E-state index in [1.807, 2.05) is 0 Å². The van der Waals surface area contributed by atoms with Crippen molar-refractivity contribution in [2.24, 2.45) is 0 Å². The summed E-state index contributed by atoms with van der Waals surface area (Å²) in [6.07, 6.45) is 3.36. The lowest BCUT2D eigenvalue weighted by Gasteiger charge is -2.11. The Hall–Kier alpha value is -1.62. The van der Waals surface area contributed by atoms with Gasteiger partial charge in [0.15, 0.2) is 0 Å². The highest BCUT2D eigenvalue weighted by Crippen LogP contribution is 2.31. The first kappa shape index (κ1) is 10.5. The first-order valence-electron chi connectivity index (χ1n) is 5.77. The van der Waals surface area contributed by atoms with Crippen LogP contribution in [-0.4, -0.2) is 16.5 Å². The van der Waals surface area contributed by atoms with Crippen molar-refractivity contribution in [2.45, 2.75) is 19.3 Å². The van der Waals surface area contributed by atoms with Crippen LogP contribution in [0.15, 0.2) is 16.8 Å². The van der Waals surface area contributed by atoms with Crippen LogP contribution in [-0.2, 0) is 6.42 Å². The van der Waals surface area contributed by atoms with Crippen LogP contribution in [0.1, 0.15) is 18.4 Å². The van der Waals surface area contributed by atoms with Gasteiger partial charge in [0.25, 0.3) is 0 Å². The zero-order valence-corrected chi connectivity index (χ0v) is 10.3. The number of rotatable bonds is 1. The molecule has 17 heavy (non-hydrogen) atoms. The van der Waals surface area contributed by atoms with Gasteiger partial charge in [-0.15, -0.1) is 0 Å². The minimum Gasteiger partial charge on any atom is -0.370 e. The van der Waals surface area contributed by atoms with Crippen molar-refractivity contribution in [1.29, 1.82) is 0 Å². The second-order valence-electron chi connectivity index (χ2n) is 4.15. The van der Waals surface area contributed by atoms with Gasteiger partial charge in [0, 0.05) is 23.1 Å². The van der Waals surface area contributed by atoms with Gasteiger partial charge in [0.1, 0.15) is 5.82 Å². The van der Waals surface area contributed by atoms with E-state index in [1.165, 1.54) is 18.4 Å². The number of fused-ring (bicyclic) bond motifs is 1. The Bertz CT molecular complexity index is 522. The summed E-state index contributed by atoms with van der Waals surface area (Å²) in [6, 6.07) is 2.08. The number of thiophene rings is 1. The van der Waals surface area contributed by atoms with Gasteiger partial charge in [0.05, 0.1) is 5.69 Å². The average Bonchev–Trinajstić information content (AvgIpc) is 2.74. The number of nitrogens with two attached hydrogens (primary N) is 1. The predicted molar refractivity (Wildman–Crippen MR) is 71.2 cm³/mol. The molecule has 0 radical (unpaired) electrons. The highest BCUT2D eigenvalue weighted by Gasteiger charge is 2.16. The fraction of sp³-hybridized carbons (Fsp3) is 0.333. The van der Waals surface area contributed by atoms with Crippen LogP contribution in [0, 0.1) is 0 Å². The maximum Gasteiger partial charge on any atom is 0.222 e. The summed E-state index contributed by atoms with van der Waals surface area (Å²) in [5.74, 6) is 1.26. The number of nitrogens with zero attached hydrogens (tertiary/aromatic N) is 2. The monoisotopic (exact) mass is 246 g/mol. The summed E-state index contributed by atoms with van der Waals surface area (Å²) in [7, 11) is 0. The van der Waals surface area contributed by atoms with Crippen molar-refractivity contribution in [3.8, 4) is 11.3 Å². The zero-order chi connectivity index (χ0) is 11.7. The van der Waals surface area contributed by atoms with E-state index in [4.69, 9.17) is 5.73 Å². The summed E-state index contributed by atoms with van der Waals surface area (Å²) in [6.45, 7) is 0.965. The third-order valence-corrected chi connectivity index (χ3v) is 3.65. The molecule has 2 aromatic rings. The Labute approximate surface area is 104 Å². The minimum atomic E-state index is 0.347.